The number of rotatable bonds is 9. The van der Waals surface area contributed by atoms with E-state index in [1.54, 1.807) is 14.0 Å². The zero-order valence-electron chi connectivity index (χ0n) is 11.2. The maximum absolute atomic E-state index is 12.0. The first-order chi connectivity index (χ1) is 8.99. The summed E-state index contributed by atoms with van der Waals surface area (Å²) < 4.78 is 33.1. The van der Waals surface area contributed by atoms with Crippen LogP contribution >= 0.6 is 0 Å². The normalized spacial score (nSPS) is 13.6. The van der Waals surface area contributed by atoms with Crippen LogP contribution in [0.15, 0.2) is 17.3 Å². The third kappa shape index (κ3) is 5.27. The topological polar surface area (TPSA) is 93.5 Å². The van der Waals surface area contributed by atoms with E-state index in [0.29, 0.717) is 26.0 Å². The second kappa shape index (κ2) is 7.59. The van der Waals surface area contributed by atoms with Gasteiger partial charge in [0.05, 0.1) is 6.20 Å². The quantitative estimate of drug-likeness (QED) is 0.666. The Hall–Kier alpha value is -0.960. The van der Waals surface area contributed by atoms with E-state index in [1.807, 2.05) is 0 Å². The van der Waals surface area contributed by atoms with Crippen molar-refractivity contribution in [2.24, 2.45) is 0 Å². The van der Waals surface area contributed by atoms with Gasteiger partial charge in [0.15, 0.2) is 0 Å². The van der Waals surface area contributed by atoms with Crippen LogP contribution in [0.5, 0.6) is 0 Å². The highest BCUT2D eigenvalue weighted by atomic mass is 32.2. The van der Waals surface area contributed by atoms with Crippen LogP contribution in [0.2, 0.25) is 0 Å². The monoisotopic (exact) mass is 291 g/mol. The molecule has 1 heterocycles. The van der Waals surface area contributed by atoms with E-state index < -0.39 is 10.0 Å². The molecule has 0 aromatic carbocycles. The van der Waals surface area contributed by atoms with Crippen LogP contribution in [0, 0.1) is 0 Å². The number of ether oxygens (including phenoxy) is 1. The first-order valence-corrected chi connectivity index (χ1v) is 7.62. The summed E-state index contributed by atoms with van der Waals surface area (Å²) in [4.78, 5) is 0.134. The summed E-state index contributed by atoms with van der Waals surface area (Å²) in [7, 11) is -1.97. The summed E-state index contributed by atoms with van der Waals surface area (Å²) in [5, 5.41) is 12.7. The zero-order chi connectivity index (χ0) is 14.3. The summed E-state index contributed by atoms with van der Waals surface area (Å²) in [5.74, 6) is 0. The van der Waals surface area contributed by atoms with E-state index in [0.717, 1.165) is 0 Å². The molecule has 0 spiro atoms. The van der Waals surface area contributed by atoms with E-state index in [-0.39, 0.29) is 17.5 Å². The second-order valence-corrected chi connectivity index (χ2v) is 6.03. The summed E-state index contributed by atoms with van der Waals surface area (Å²) in [6.07, 6.45) is 3.91. The number of hydrogen-bond donors (Lipinski definition) is 2. The second-order valence-electron chi connectivity index (χ2n) is 4.32. The first kappa shape index (κ1) is 16.1. The first-order valence-electron chi connectivity index (χ1n) is 6.14. The van der Waals surface area contributed by atoms with E-state index in [2.05, 4.69) is 9.82 Å². The van der Waals surface area contributed by atoms with Crippen molar-refractivity contribution in [1.82, 2.24) is 14.5 Å². The van der Waals surface area contributed by atoms with Gasteiger partial charge in [0.25, 0.3) is 0 Å². The molecule has 0 radical (unpaired) electrons. The smallest absolute Gasteiger partial charge is 0.243 e. The molecule has 1 aromatic heterocycles. The van der Waals surface area contributed by atoms with Gasteiger partial charge in [0.2, 0.25) is 10.0 Å². The highest BCUT2D eigenvalue weighted by Gasteiger charge is 2.19. The fourth-order valence-corrected chi connectivity index (χ4v) is 2.75. The molecular weight excluding hydrogens is 270 g/mol. The van der Waals surface area contributed by atoms with E-state index >= 15 is 0 Å². The van der Waals surface area contributed by atoms with Crippen molar-refractivity contribution in [3.05, 3.63) is 12.4 Å². The van der Waals surface area contributed by atoms with Gasteiger partial charge in [-0.2, -0.15) is 5.10 Å². The minimum atomic E-state index is -3.55. The standard InChI is InChI=1S/C11H21N3O4S/c1-10(4-7-18-2)13-19(16,17)11-8-12-14(9-11)5-3-6-15/h8-10,13,15H,3-7H2,1-2H3. The maximum atomic E-state index is 12.0. The van der Waals surface area contributed by atoms with Gasteiger partial charge < -0.3 is 9.84 Å². The number of aromatic nitrogens is 2. The molecule has 2 N–H and O–H groups in total. The Morgan fingerprint density at radius 3 is 2.95 bits per heavy atom. The molecule has 0 aliphatic carbocycles. The third-order valence-electron chi connectivity index (χ3n) is 2.58. The van der Waals surface area contributed by atoms with Crippen molar-refractivity contribution < 1.29 is 18.3 Å². The van der Waals surface area contributed by atoms with E-state index in [1.165, 1.54) is 17.1 Å². The molecule has 0 saturated heterocycles. The Morgan fingerprint density at radius 1 is 1.58 bits per heavy atom. The Balaban J connectivity index is 2.63. The largest absolute Gasteiger partial charge is 0.396 e. The fourth-order valence-electron chi connectivity index (χ4n) is 1.52. The lowest BCUT2D eigenvalue weighted by Crippen LogP contribution is -2.33. The molecule has 19 heavy (non-hydrogen) atoms. The van der Waals surface area contributed by atoms with Gasteiger partial charge >= 0.3 is 0 Å². The van der Waals surface area contributed by atoms with Crippen molar-refractivity contribution in [2.45, 2.75) is 37.2 Å². The van der Waals surface area contributed by atoms with E-state index in [4.69, 9.17) is 9.84 Å². The molecule has 8 heteroatoms. The Kier molecular flexibility index (Phi) is 6.43. The number of sulfonamides is 1. The highest BCUT2D eigenvalue weighted by molar-refractivity contribution is 7.89. The summed E-state index contributed by atoms with van der Waals surface area (Å²) >= 11 is 0. The van der Waals surface area contributed by atoms with Gasteiger partial charge in [-0.25, -0.2) is 13.1 Å². The Morgan fingerprint density at radius 2 is 2.32 bits per heavy atom. The van der Waals surface area contributed by atoms with Crippen molar-refractivity contribution in [2.75, 3.05) is 20.3 Å². The molecule has 1 rings (SSSR count). The minimum absolute atomic E-state index is 0.0498. The minimum Gasteiger partial charge on any atom is -0.396 e. The summed E-state index contributed by atoms with van der Waals surface area (Å²) in [6, 6.07) is -0.203. The third-order valence-corrected chi connectivity index (χ3v) is 4.12. The van der Waals surface area contributed by atoms with Crippen molar-refractivity contribution >= 4 is 10.0 Å². The zero-order valence-corrected chi connectivity index (χ0v) is 12.1. The van der Waals surface area contributed by atoms with Gasteiger partial charge in [-0.05, 0) is 19.8 Å². The molecule has 0 amide bonds. The number of hydrogen-bond acceptors (Lipinski definition) is 5. The lowest BCUT2D eigenvalue weighted by atomic mass is 10.3. The molecule has 110 valence electrons. The lowest BCUT2D eigenvalue weighted by molar-refractivity contribution is 0.188. The molecule has 0 fully saturated rings. The molecular formula is C11H21N3O4S. The van der Waals surface area contributed by atoms with Crippen molar-refractivity contribution in [3.8, 4) is 0 Å². The summed E-state index contributed by atoms with van der Waals surface area (Å²) in [5.41, 5.74) is 0. The molecule has 1 atom stereocenters. The molecule has 0 aliphatic rings. The highest BCUT2D eigenvalue weighted by Crippen LogP contribution is 2.09. The molecule has 1 unspecified atom stereocenters. The average molecular weight is 291 g/mol. The number of aryl methyl sites for hydroxylation is 1. The van der Waals surface area contributed by atoms with Gasteiger partial charge in [-0.15, -0.1) is 0 Å². The number of aliphatic hydroxyl groups excluding tert-OH is 1. The fraction of sp³-hybridized carbons (Fsp3) is 0.727. The van der Waals surface area contributed by atoms with Gasteiger partial charge in [-0.1, -0.05) is 0 Å². The average Bonchev–Trinajstić information content (AvgIpc) is 2.83. The van der Waals surface area contributed by atoms with Crippen LogP contribution in [0.1, 0.15) is 19.8 Å². The van der Waals surface area contributed by atoms with E-state index in [9.17, 15) is 8.42 Å². The predicted octanol–water partition coefficient (Wildman–Crippen LogP) is -0.0312. The molecule has 0 saturated carbocycles. The van der Waals surface area contributed by atoms with Crippen LogP contribution < -0.4 is 4.72 Å². The summed E-state index contributed by atoms with van der Waals surface area (Å²) in [6.45, 7) is 2.83. The van der Waals surface area contributed by atoms with Crippen LogP contribution in [0.3, 0.4) is 0 Å². The molecule has 1 aromatic rings. The molecule has 0 bridgehead atoms. The van der Waals surface area contributed by atoms with Crippen LogP contribution in [-0.2, 0) is 21.3 Å². The number of nitrogens with zero attached hydrogens (tertiary/aromatic N) is 2. The van der Waals surface area contributed by atoms with Crippen LogP contribution in [0.4, 0.5) is 0 Å². The molecule has 0 aliphatic heterocycles. The lowest BCUT2D eigenvalue weighted by Gasteiger charge is -2.12. The van der Waals surface area contributed by atoms with Gasteiger partial charge in [0.1, 0.15) is 4.90 Å². The number of methoxy groups -OCH3 is 1. The van der Waals surface area contributed by atoms with Gasteiger partial charge in [-0.3, -0.25) is 4.68 Å². The Labute approximate surface area is 113 Å². The SMILES string of the molecule is COCCC(C)NS(=O)(=O)c1cnn(CCCO)c1. The predicted molar refractivity (Wildman–Crippen MR) is 70.2 cm³/mol. The Bertz CT molecular complexity index is 472. The van der Waals surface area contributed by atoms with Crippen molar-refractivity contribution in [3.63, 3.8) is 0 Å². The molecule has 7 nitrogen and oxygen atoms in total. The van der Waals surface area contributed by atoms with Crippen molar-refractivity contribution in [1.29, 1.82) is 0 Å². The number of nitrogens with one attached hydrogen (secondary N) is 1. The number of aliphatic hydroxyl groups is 1. The van der Waals surface area contributed by atoms with Crippen LogP contribution in [-0.4, -0.2) is 49.7 Å². The van der Waals surface area contributed by atoms with Crippen LogP contribution in [0.25, 0.3) is 0 Å². The maximum Gasteiger partial charge on any atom is 0.243 e. The van der Waals surface area contributed by atoms with Gasteiger partial charge in [0, 0.05) is 39.1 Å².